The molecule has 0 unspecified atom stereocenters. The number of halogens is 1. The summed E-state index contributed by atoms with van der Waals surface area (Å²) in [6.07, 6.45) is 4.95. The fourth-order valence-electron chi connectivity index (χ4n) is 4.33. The van der Waals surface area contributed by atoms with E-state index in [1.165, 1.54) is 30.2 Å². The summed E-state index contributed by atoms with van der Waals surface area (Å²) in [7, 11) is -0.847. The zero-order valence-corrected chi connectivity index (χ0v) is 23.1. The molecule has 9 nitrogen and oxygen atoms in total. The van der Waals surface area contributed by atoms with E-state index in [2.05, 4.69) is 5.32 Å². The second kappa shape index (κ2) is 12.5. The molecule has 1 atom stereocenters. The molecule has 1 aliphatic carbocycles. The molecule has 1 fully saturated rings. The maximum absolute atomic E-state index is 13.6. The van der Waals surface area contributed by atoms with Gasteiger partial charge < -0.3 is 19.7 Å². The van der Waals surface area contributed by atoms with Crippen LogP contribution in [0.4, 0.5) is 5.69 Å². The Morgan fingerprint density at radius 1 is 1.08 bits per heavy atom. The summed E-state index contributed by atoms with van der Waals surface area (Å²) >= 11 is 6.22. The topological polar surface area (TPSA) is 105 Å². The lowest BCUT2D eigenvalue weighted by atomic mass is 10.1. The highest BCUT2D eigenvalue weighted by atomic mass is 35.5. The Morgan fingerprint density at radius 3 is 2.27 bits per heavy atom. The quantitative estimate of drug-likeness (QED) is 0.457. The average molecular weight is 552 g/mol. The summed E-state index contributed by atoms with van der Waals surface area (Å²) in [5.41, 5.74) is 0.988. The lowest BCUT2D eigenvalue weighted by Crippen LogP contribution is -2.52. The summed E-state index contributed by atoms with van der Waals surface area (Å²) in [5.74, 6) is 0.242. The number of nitrogens with one attached hydrogen (secondary N) is 1. The van der Waals surface area contributed by atoms with E-state index in [0.29, 0.717) is 11.5 Å². The van der Waals surface area contributed by atoms with Crippen molar-refractivity contribution in [1.29, 1.82) is 0 Å². The minimum Gasteiger partial charge on any atom is -0.497 e. The maximum Gasteiger partial charge on any atom is 0.244 e. The number of methoxy groups -OCH3 is 2. The molecule has 11 heteroatoms. The first-order valence-electron chi connectivity index (χ1n) is 12.1. The van der Waals surface area contributed by atoms with Crippen LogP contribution >= 0.6 is 11.6 Å². The van der Waals surface area contributed by atoms with Crippen LogP contribution in [-0.4, -0.2) is 64.2 Å². The molecule has 2 amide bonds. The molecular formula is C26H34ClN3O6S. The molecule has 202 valence electrons. The molecule has 3 rings (SSSR count). The maximum atomic E-state index is 13.6. The van der Waals surface area contributed by atoms with Gasteiger partial charge in [-0.3, -0.25) is 13.9 Å². The highest BCUT2D eigenvalue weighted by Gasteiger charge is 2.31. The Kier molecular flexibility index (Phi) is 9.67. The van der Waals surface area contributed by atoms with Crippen molar-refractivity contribution in [2.45, 2.75) is 51.2 Å². The highest BCUT2D eigenvalue weighted by molar-refractivity contribution is 7.92. The van der Waals surface area contributed by atoms with Crippen molar-refractivity contribution in [3.63, 3.8) is 0 Å². The lowest BCUT2D eigenvalue weighted by Gasteiger charge is -2.32. The fourth-order valence-corrected chi connectivity index (χ4v) is 5.42. The molecule has 0 aliphatic heterocycles. The number of rotatable bonds is 11. The lowest BCUT2D eigenvalue weighted by molar-refractivity contribution is -0.139. The summed E-state index contributed by atoms with van der Waals surface area (Å²) in [4.78, 5) is 28.2. The molecule has 0 saturated heterocycles. The van der Waals surface area contributed by atoms with E-state index in [0.717, 1.165) is 41.8 Å². The smallest absolute Gasteiger partial charge is 0.244 e. The average Bonchev–Trinajstić information content (AvgIpc) is 3.38. The Labute approximate surface area is 223 Å². The van der Waals surface area contributed by atoms with Crippen molar-refractivity contribution in [2.75, 3.05) is 31.3 Å². The molecule has 0 heterocycles. The van der Waals surface area contributed by atoms with Gasteiger partial charge in [0.05, 0.1) is 31.2 Å². The number of benzene rings is 2. The predicted molar refractivity (Wildman–Crippen MR) is 144 cm³/mol. The van der Waals surface area contributed by atoms with Crippen molar-refractivity contribution in [3.8, 4) is 11.5 Å². The van der Waals surface area contributed by atoms with Gasteiger partial charge in [0.25, 0.3) is 0 Å². The van der Waals surface area contributed by atoms with Gasteiger partial charge in [-0.2, -0.15) is 0 Å². The molecule has 1 aliphatic rings. The van der Waals surface area contributed by atoms with Crippen molar-refractivity contribution in [2.24, 2.45) is 0 Å². The van der Waals surface area contributed by atoms with E-state index < -0.39 is 28.5 Å². The van der Waals surface area contributed by atoms with Gasteiger partial charge in [0.2, 0.25) is 21.8 Å². The van der Waals surface area contributed by atoms with Gasteiger partial charge in [0.15, 0.2) is 0 Å². The van der Waals surface area contributed by atoms with Crippen molar-refractivity contribution < 1.29 is 27.5 Å². The van der Waals surface area contributed by atoms with E-state index in [1.807, 2.05) is 0 Å². The van der Waals surface area contributed by atoms with Crippen LogP contribution in [0.15, 0.2) is 42.5 Å². The first-order valence-corrected chi connectivity index (χ1v) is 14.3. The van der Waals surface area contributed by atoms with Crippen LogP contribution in [0.2, 0.25) is 5.02 Å². The van der Waals surface area contributed by atoms with Crippen molar-refractivity contribution >= 4 is 39.1 Å². The van der Waals surface area contributed by atoms with Crippen LogP contribution in [0.1, 0.15) is 38.2 Å². The Balaban J connectivity index is 1.89. The summed E-state index contributed by atoms with van der Waals surface area (Å²) < 4.78 is 36.7. The van der Waals surface area contributed by atoms with Gasteiger partial charge in [-0.25, -0.2) is 8.42 Å². The Bertz CT molecular complexity index is 1200. The molecular weight excluding hydrogens is 518 g/mol. The highest BCUT2D eigenvalue weighted by Crippen LogP contribution is 2.30. The van der Waals surface area contributed by atoms with Crippen LogP contribution in [0.5, 0.6) is 11.5 Å². The largest absolute Gasteiger partial charge is 0.497 e. The van der Waals surface area contributed by atoms with Crippen LogP contribution in [-0.2, 0) is 26.2 Å². The zero-order valence-electron chi connectivity index (χ0n) is 21.6. The van der Waals surface area contributed by atoms with E-state index in [-0.39, 0.29) is 29.2 Å². The number of ether oxygens (including phenoxy) is 2. The van der Waals surface area contributed by atoms with E-state index in [4.69, 9.17) is 21.1 Å². The molecule has 0 radical (unpaired) electrons. The first kappa shape index (κ1) is 28.6. The van der Waals surface area contributed by atoms with Crippen LogP contribution < -0.4 is 19.1 Å². The van der Waals surface area contributed by atoms with Gasteiger partial charge in [0, 0.05) is 12.6 Å². The van der Waals surface area contributed by atoms with Crippen LogP contribution in [0.3, 0.4) is 0 Å². The van der Waals surface area contributed by atoms with Gasteiger partial charge in [-0.1, -0.05) is 36.6 Å². The molecule has 37 heavy (non-hydrogen) atoms. The minimum absolute atomic E-state index is 0.0850. The van der Waals surface area contributed by atoms with Gasteiger partial charge in [-0.15, -0.1) is 0 Å². The Hall–Kier alpha value is -2.98. The van der Waals surface area contributed by atoms with E-state index >= 15 is 0 Å². The molecule has 0 spiro atoms. The number of nitrogens with zero attached hydrogens (tertiary/aromatic N) is 2. The van der Waals surface area contributed by atoms with Crippen LogP contribution in [0, 0.1) is 0 Å². The number of anilines is 1. The van der Waals surface area contributed by atoms with Gasteiger partial charge >= 0.3 is 0 Å². The van der Waals surface area contributed by atoms with Crippen molar-refractivity contribution in [3.05, 3.63) is 53.1 Å². The molecule has 1 N–H and O–H groups in total. The molecule has 0 aromatic heterocycles. The minimum atomic E-state index is -3.86. The van der Waals surface area contributed by atoms with Crippen molar-refractivity contribution in [1.82, 2.24) is 10.2 Å². The van der Waals surface area contributed by atoms with Gasteiger partial charge in [0.1, 0.15) is 24.1 Å². The summed E-state index contributed by atoms with van der Waals surface area (Å²) in [6.45, 7) is 1.27. The Morgan fingerprint density at radius 2 is 1.73 bits per heavy atom. The first-order chi connectivity index (χ1) is 17.5. The predicted octanol–water partition coefficient (Wildman–Crippen LogP) is 3.60. The number of carbonyl (C=O) groups is 2. The third-order valence-corrected chi connectivity index (χ3v) is 7.92. The second-order valence-electron chi connectivity index (χ2n) is 9.12. The normalized spacial score (nSPS) is 14.6. The zero-order chi connectivity index (χ0) is 27.2. The van der Waals surface area contributed by atoms with E-state index in [1.54, 1.807) is 38.3 Å². The molecule has 1 saturated carbocycles. The molecule has 0 bridgehead atoms. The number of hydrogen-bond donors (Lipinski definition) is 1. The number of sulfonamides is 1. The number of amides is 2. The second-order valence-corrected chi connectivity index (χ2v) is 11.4. The molecule has 2 aromatic carbocycles. The molecule has 2 aromatic rings. The number of carbonyl (C=O) groups excluding carboxylic acids is 2. The van der Waals surface area contributed by atoms with Crippen LogP contribution in [0.25, 0.3) is 0 Å². The third-order valence-electron chi connectivity index (χ3n) is 6.48. The summed E-state index contributed by atoms with van der Waals surface area (Å²) in [5, 5.41) is 3.25. The SMILES string of the molecule is COc1ccc(CN(C(=O)CN(c2ccc(OC)c(Cl)c2)S(C)(=O)=O)[C@@H](C)C(=O)NC2CCCC2)cc1. The third kappa shape index (κ3) is 7.52. The monoisotopic (exact) mass is 551 g/mol. The summed E-state index contributed by atoms with van der Waals surface area (Å²) in [6, 6.07) is 10.9. The van der Waals surface area contributed by atoms with E-state index in [9.17, 15) is 18.0 Å². The number of hydrogen-bond acceptors (Lipinski definition) is 6. The fraction of sp³-hybridized carbons (Fsp3) is 0.462. The van der Waals surface area contributed by atoms with Gasteiger partial charge in [-0.05, 0) is 55.7 Å². The standard InChI is InChI=1S/C26H34ClN3O6S/c1-18(26(32)28-20-7-5-6-8-20)29(16-19-9-12-22(35-2)13-10-19)25(31)17-30(37(4,33)34)21-11-14-24(36-3)23(27)15-21/h9-15,18,20H,5-8,16-17H2,1-4H3,(H,28,32)/t18-/m0/s1.